The van der Waals surface area contributed by atoms with Gasteiger partial charge in [-0.25, -0.2) is 4.79 Å². The summed E-state index contributed by atoms with van der Waals surface area (Å²) < 4.78 is 0. The number of nitrogens with zero attached hydrogens (tertiary/aromatic N) is 1. The number of amides is 1. The van der Waals surface area contributed by atoms with E-state index in [0.717, 1.165) is 6.42 Å². The van der Waals surface area contributed by atoms with Crippen molar-refractivity contribution in [3.8, 4) is 0 Å². The second-order valence-corrected chi connectivity index (χ2v) is 5.27. The van der Waals surface area contributed by atoms with Gasteiger partial charge in [-0.3, -0.25) is 4.79 Å². The number of aliphatic carboxylic acids is 1. The molecule has 0 unspecified atom stereocenters. The van der Waals surface area contributed by atoms with Gasteiger partial charge in [0.05, 0.1) is 0 Å². The van der Waals surface area contributed by atoms with E-state index in [0.29, 0.717) is 24.4 Å². The number of hydrogen-bond donors (Lipinski definition) is 1. The van der Waals surface area contributed by atoms with Crippen molar-refractivity contribution < 1.29 is 14.7 Å². The Balaban J connectivity index is 2.17. The number of likely N-dealkylation sites (tertiary alicyclic amines) is 1. The fourth-order valence-corrected chi connectivity index (χ4v) is 2.44. The van der Waals surface area contributed by atoms with Gasteiger partial charge in [-0.1, -0.05) is 26.0 Å². The molecule has 0 aromatic heterocycles. The van der Waals surface area contributed by atoms with Gasteiger partial charge in [0.25, 0.3) is 5.91 Å². The molecule has 1 fully saturated rings. The Bertz CT molecular complexity index is 479. The van der Waals surface area contributed by atoms with Crippen LogP contribution in [0, 0.1) is 0 Å². The summed E-state index contributed by atoms with van der Waals surface area (Å²) in [5.41, 5.74) is 1.74. The van der Waals surface area contributed by atoms with Crippen LogP contribution in [0.25, 0.3) is 0 Å². The van der Waals surface area contributed by atoms with Crippen molar-refractivity contribution in [1.29, 1.82) is 0 Å². The Labute approximate surface area is 113 Å². The Morgan fingerprint density at radius 2 is 1.89 bits per heavy atom. The van der Waals surface area contributed by atoms with E-state index in [9.17, 15) is 9.59 Å². The van der Waals surface area contributed by atoms with Gasteiger partial charge in [0.2, 0.25) is 0 Å². The standard InChI is InChI=1S/C15H19NO3/c1-10(2)11-5-7-12(8-6-11)14(17)16-9-3-4-13(16)15(18)19/h5-8,10,13H,3-4,9H2,1-2H3,(H,18,19)/t13-/m1/s1. The first-order chi connectivity index (χ1) is 9.00. The third kappa shape index (κ3) is 2.78. The number of carboxylic acid groups (broad SMARTS) is 1. The zero-order chi connectivity index (χ0) is 14.0. The summed E-state index contributed by atoms with van der Waals surface area (Å²) >= 11 is 0. The zero-order valence-electron chi connectivity index (χ0n) is 11.3. The number of hydrogen-bond acceptors (Lipinski definition) is 2. The van der Waals surface area contributed by atoms with Crippen LogP contribution >= 0.6 is 0 Å². The largest absolute Gasteiger partial charge is 0.480 e. The molecular weight excluding hydrogens is 242 g/mol. The molecule has 1 saturated heterocycles. The van der Waals surface area contributed by atoms with Gasteiger partial charge in [-0.05, 0) is 36.5 Å². The van der Waals surface area contributed by atoms with E-state index in [1.807, 2.05) is 12.1 Å². The lowest BCUT2D eigenvalue weighted by atomic mass is 10.0. The molecule has 1 amide bonds. The zero-order valence-corrected chi connectivity index (χ0v) is 11.3. The van der Waals surface area contributed by atoms with E-state index < -0.39 is 12.0 Å². The predicted molar refractivity (Wildman–Crippen MR) is 72.2 cm³/mol. The molecule has 0 saturated carbocycles. The molecular formula is C15H19NO3. The van der Waals surface area contributed by atoms with Crippen LogP contribution in [0.2, 0.25) is 0 Å². The lowest BCUT2D eigenvalue weighted by Crippen LogP contribution is -2.40. The van der Waals surface area contributed by atoms with Gasteiger partial charge in [0.1, 0.15) is 6.04 Å². The summed E-state index contributed by atoms with van der Waals surface area (Å²) in [6, 6.07) is 6.77. The van der Waals surface area contributed by atoms with Gasteiger partial charge in [0, 0.05) is 12.1 Å². The molecule has 1 heterocycles. The summed E-state index contributed by atoms with van der Waals surface area (Å²) in [7, 11) is 0. The fourth-order valence-electron chi connectivity index (χ4n) is 2.44. The summed E-state index contributed by atoms with van der Waals surface area (Å²) in [6.07, 6.45) is 1.30. The van der Waals surface area contributed by atoms with Crippen molar-refractivity contribution in [2.45, 2.75) is 38.6 Å². The maximum Gasteiger partial charge on any atom is 0.326 e. The normalized spacial score (nSPS) is 18.9. The minimum Gasteiger partial charge on any atom is -0.480 e. The van der Waals surface area contributed by atoms with Crippen molar-refractivity contribution in [3.63, 3.8) is 0 Å². The minimum atomic E-state index is -0.912. The van der Waals surface area contributed by atoms with Crippen LogP contribution in [0.4, 0.5) is 0 Å². The fraction of sp³-hybridized carbons (Fsp3) is 0.467. The van der Waals surface area contributed by atoms with Crippen LogP contribution in [0.1, 0.15) is 48.5 Å². The van der Waals surface area contributed by atoms with Crippen molar-refractivity contribution in [2.75, 3.05) is 6.54 Å². The summed E-state index contributed by atoms with van der Waals surface area (Å²) in [4.78, 5) is 24.9. The molecule has 1 N–H and O–H groups in total. The van der Waals surface area contributed by atoms with Crippen molar-refractivity contribution in [1.82, 2.24) is 4.90 Å². The van der Waals surface area contributed by atoms with Crippen LogP contribution < -0.4 is 0 Å². The Morgan fingerprint density at radius 3 is 2.42 bits per heavy atom. The molecule has 102 valence electrons. The average molecular weight is 261 g/mol. The highest BCUT2D eigenvalue weighted by atomic mass is 16.4. The number of carbonyl (C=O) groups excluding carboxylic acids is 1. The van der Waals surface area contributed by atoms with Crippen LogP contribution in [-0.4, -0.2) is 34.5 Å². The number of carboxylic acids is 1. The number of carbonyl (C=O) groups is 2. The molecule has 4 nitrogen and oxygen atoms in total. The highest BCUT2D eigenvalue weighted by Crippen LogP contribution is 2.21. The summed E-state index contributed by atoms with van der Waals surface area (Å²) in [5.74, 6) is -0.674. The second-order valence-electron chi connectivity index (χ2n) is 5.27. The lowest BCUT2D eigenvalue weighted by molar-refractivity contribution is -0.141. The van der Waals surface area contributed by atoms with Gasteiger partial charge >= 0.3 is 5.97 Å². The molecule has 0 aliphatic carbocycles. The highest BCUT2D eigenvalue weighted by Gasteiger charge is 2.34. The van der Waals surface area contributed by atoms with Crippen LogP contribution in [0.3, 0.4) is 0 Å². The van der Waals surface area contributed by atoms with Gasteiger partial charge in [-0.2, -0.15) is 0 Å². The van der Waals surface area contributed by atoms with Gasteiger partial charge in [-0.15, -0.1) is 0 Å². The molecule has 1 aromatic rings. The number of benzene rings is 1. The first-order valence-corrected chi connectivity index (χ1v) is 6.64. The van der Waals surface area contributed by atoms with Crippen molar-refractivity contribution in [3.05, 3.63) is 35.4 Å². The molecule has 1 atom stereocenters. The second kappa shape index (κ2) is 5.43. The smallest absolute Gasteiger partial charge is 0.326 e. The van der Waals surface area contributed by atoms with E-state index in [1.165, 1.54) is 10.5 Å². The quantitative estimate of drug-likeness (QED) is 0.909. The average Bonchev–Trinajstić information content (AvgIpc) is 2.87. The highest BCUT2D eigenvalue weighted by molar-refractivity contribution is 5.97. The van der Waals surface area contributed by atoms with E-state index in [1.54, 1.807) is 12.1 Å². The third-order valence-electron chi connectivity index (χ3n) is 3.62. The molecule has 19 heavy (non-hydrogen) atoms. The van der Waals surface area contributed by atoms with Crippen molar-refractivity contribution in [2.24, 2.45) is 0 Å². The van der Waals surface area contributed by atoms with Crippen LogP contribution in [-0.2, 0) is 4.79 Å². The van der Waals surface area contributed by atoms with Crippen LogP contribution in [0.5, 0.6) is 0 Å². The molecule has 1 aliphatic rings. The summed E-state index contributed by atoms with van der Waals surface area (Å²) in [6.45, 7) is 4.72. The monoisotopic (exact) mass is 261 g/mol. The first kappa shape index (κ1) is 13.6. The molecule has 4 heteroatoms. The first-order valence-electron chi connectivity index (χ1n) is 6.64. The van der Waals surface area contributed by atoms with E-state index >= 15 is 0 Å². The number of rotatable bonds is 3. The lowest BCUT2D eigenvalue weighted by Gasteiger charge is -2.21. The Hall–Kier alpha value is -1.84. The maximum atomic E-state index is 12.3. The molecule has 0 bridgehead atoms. The minimum absolute atomic E-state index is 0.180. The SMILES string of the molecule is CC(C)c1ccc(C(=O)N2CCC[C@@H]2C(=O)O)cc1. The van der Waals surface area contributed by atoms with E-state index in [2.05, 4.69) is 13.8 Å². The molecule has 1 aliphatic heterocycles. The van der Waals surface area contributed by atoms with E-state index in [4.69, 9.17) is 5.11 Å². The van der Waals surface area contributed by atoms with Crippen LogP contribution in [0.15, 0.2) is 24.3 Å². The Kier molecular flexibility index (Phi) is 3.88. The molecule has 1 aromatic carbocycles. The molecule has 0 spiro atoms. The Morgan fingerprint density at radius 1 is 1.26 bits per heavy atom. The van der Waals surface area contributed by atoms with Crippen molar-refractivity contribution >= 4 is 11.9 Å². The topological polar surface area (TPSA) is 57.6 Å². The van der Waals surface area contributed by atoms with E-state index in [-0.39, 0.29) is 5.91 Å². The van der Waals surface area contributed by atoms with Gasteiger partial charge in [0.15, 0.2) is 0 Å². The predicted octanol–water partition coefficient (Wildman–Crippen LogP) is 2.50. The van der Waals surface area contributed by atoms with Gasteiger partial charge < -0.3 is 10.0 Å². The maximum absolute atomic E-state index is 12.3. The third-order valence-corrected chi connectivity index (χ3v) is 3.62. The summed E-state index contributed by atoms with van der Waals surface area (Å²) in [5, 5.41) is 9.10. The molecule has 0 radical (unpaired) electrons. The molecule has 2 rings (SSSR count).